The van der Waals surface area contributed by atoms with E-state index in [1.807, 2.05) is 54.0 Å². The van der Waals surface area contributed by atoms with Crippen LogP contribution in [0, 0.1) is 13.8 Å². The van der Waals surface area contributed by atoms with Crippen LogP contribution in [0.25, 0.3) is 4.96 Å². The number of thiazole rings is 1. The van der Waals surface area contributed by atoms with Crippen molar-refractivity contribution in [2.24, 2.45) is 0 Å². The van der Waals surface area contributed by atoms with Gasteiger partial charge in [-0.3, -0.25) is 9.20 Å². The largest absolute Gasteiger partial charge is 0.310 e. The van der Waals surface area contributed by atoms with E-state index in [4.69, 9.17) is 0 Å². The summed E-state index contributed by atoms with van der Waals surface area (Å²) in [5, 5.41) is 2.01. The Morgan fingerprint density at radius 2 is 1.95 bits per heavy atom. The highest BCUT2D eigenvalue weighted by Crippen LogP contribution is 2.23. The minimum absolute atomic E-state index is 0.0392. The normalized spacial score (nSPS) is 10.9. The van der Waals surface area contributed by atoms with E-state index in [0.29, 0.717) is 5.69 Å². The highest BCUT2D eigenvalue weighted by molar-refractivity contribution is 7.15. The Labute approximate surface area is 121 Å². The second-order valence-corrected chi connectivity index (χ2v) is 5.58. The van der Waals surface area contributed by atoms with Crippen LogP contribution in [0.3, 0.4) is 0 Å². The van der Waals surface area contributed by atoms with Gasteiger partial charge in [-0.05, 0) is 26.0 Å². The molecule has 0 unspecified atom stereocenters. The molecule has 0 spiro atoms. The number of rotatable bonds is 2. The Morgan fingerprint density at radius 1 is 1.25 bits per heavy atom. The standard InChI is InChI=1S/C15H15N3OS/c1-10-9-20-15-16-11(2)13(18(10)15)14(19)17(3)12-7-5-4-6-8-12/h4-9H,1-3H3. The summed E-state index contributed by atoms with van der Waals surface area (Å²) in [7, 11) is 1.79. The average molecular weight is 285 g/mol. The van der Waals surface area contributed by atoms with E-state index in [2.05, 4.69) is 4.98 Å². The Hall–Kier alpha value is -2.14. The Balaban J connectivity index is 2.09. The number of aromatic nitrogens is 2. The first-order valence-corrected chi connectivity index (χ1v) is 7.24. The zero-order chi connectivity index (χ0) is 14.3. The van der Waals surface area contributed by atoms with Gasteiger partial charge >= 0.3 is 0 Å². The van der Waals surface area contributed by atoms with E-state index >= 15 is 0 Å². The van der Waals surface area contributed by atoms with Gasteiger partial charge < -0.3 is 4.90 Å². The molecule has 4 nitrogen and oxygen atoms in total. The predicted molar refractivity (Wildman–Crippen MR) is 81.7 cm³/mol. The van der Waals surface area contributed by atoms with Gasteiger partial charge in [0.2, 0.25) is 0 Å². The minimum atomic E-state index is -0.0392. The van der Waals surface area contributed by atoms with Crippen LogP contribution < -0.4 is 4.90 Å². The Kier molecular flexibility index (Phi) is 3.06. The lowest BCUT2D eigenvalue weighted by molar-refractivity contribution is 0.0986. The molecule has 0 atom stereocenters. The maximum atomic E-state index is 12.8. The van der Waals surface area contributed by atoms with Gasteiger partial charge in [-0.15, -0.1) is 11.3 Å². The maximum absolute atomic E-state index is 12.8. The van der Waals surface area contributed by atoms with Crippen LogP contribution >= 0.6 is 11.3 Å². The van der Waals surface area contributed by atoms with Gasteiger partial charge in [0, 0.05) is 23.8 Å². The van der Waals surface area contributed by atoms with Crippen LogP contribution in [0.5, 0.6) is 0 Å². The molecule has 0 aliphatic heterocycles. The molecule has 1 amide bonds. The smallest absolute Gasteiger partial charge is 0.276 e. The summed E-state index contributed by atoms with van der Waals surface area (Å²) in [6, 6.07) is 9.63. The molecule has 2 heterocycles. The SMILES string of the molecule is Cc1nc2scc(C)n2c1C(=O)N(C)c1ccccc1. The summed E-state index contributed by atoms with van der Waals surface area (Å²) < 4.78 is 1.93. The molecule has 0 aliphatic rings. The second-order valence-electron chi connectivity index (χ2n) is 4.74. The van der Waals surface area contributed by atoms with Crippen molar-refractivity contribution >= 4 is 27.9 Å². The zero-order valence-electron chi connectivity index (χ0n) is 11.6. The fourth-order valence-electron chi connectivity index (χ4n) is 2.28. The second kappa shape index (κ2) is 4.76. The molecule has 0 saturated heterocycles. The van der Waals surface area contributed by atoms with E-state index in [1.54, 1.807) is 23.3 Å². The van der Waals surface area contributed by atoms with E-state index in [1.165, 1.54) is 0 Å². The molecule has 0 saturated carbocycles. The molecule has 5 heteroatoms. The number of carbonyl (C=O) groups is 1. The number of fused-ring (bicyclic) bond motifs is 1. The quantitative estimate of drug-likeness (QED) is 0.724. The number of aryl methyl sites for hydroxylation is 2. The highest BCUT2D eigenvalue weighted by atomic mass is 32.1. The first-order chi connectivity index (χ1) is 9.59. The van der Waals surface area contributed by atoms with Gasteiger partial charge in [-0.1, -0.05) is 18.2 Å². The van der Waals surface area contributed by atoms with Gasteiger partial charge in [0.1, 0.15) is 5.69 Å². The van der Waals surface area contributed by atoms with Crippen molar-refractivity contribution < 1.29 is 4.79 Å². The fraction of sp³-hybridized carbons (Fsp3) is 0.200. The molecular formula is C15H15N3OS. The number of hydrogen-bond donors (Lipinski definition) is 0. The van der Waals surface area contributed by atoms with Crippen molar-refractivity contribution in [3.63, 3.8) is 0 Å². The van der Waals surface area contributed by atoms with Crippen molar-refractivity contribution in [2.75, 3.05) is 11.9 Å². The third-order valence-corrected chi connectivity index (χ3v) is 4.30. The van der Waals surface area contributed by atoms with Gasteiger partial charge in [0.05, 0.1) is 5.69 Å². The first kappa shape index (κ1) is 12.9. The van der Waals surface area contributed by atoms with Crippen molar-refractivity contribution in [2.45, 2.75) is 13.8 Å². The van der Waals surface area contributed by atoms with Gasteiger partial charge in [0.25, 0.3) is 5.91 Å². The van der Waals surface area contributed by atoms with Crippen LogP contribution in [-0.4, -0.2) is 22.3 Å². The number of anilines is 1. The molecule has 1 aromatic carbocycles. The van der Waals surface area contributed by atoms with Crippen molar-refractivity contribution in [1.82, 2.24) is 9.38 Å². The molecule has 0 N–H and O–H groups in total. The van der Waals surface area contributed by atoms with Crippen molar-refractivity contribution in [3.05, 3.63) is 52.8 Å². The number of carbonyl (C=O) groups excluding carboxylic acids is 1. The zero-order valence-corrected chi connectivity index (χ0v) is 12.4. The summed E-state index contributed by atoms with van der Waals surface area (Å²) in [5.41, 5.74) is 3.33. The molecule has 20 heavy (non-hydrogen) atoms. The van der Waals surface area contributed by atoms with Crippen molar-refractivity contribution in [3.8, 4) is 0 Å². The van der Waals surface area contributed by atoms with Crippen molar-refractivity contribution in [1.29, 1.82) is 0 Å². The lowest BCUT2D eigenvalue weighted by Crippen LogP contribution is -2.28. The molecule has 2 aromatic heterocycles. The highest BCUT2D eigenvalue weighted by Gasteiger charge is 2.22. The summed E-state index contributed by atoms with van der Waals surface area (Å²) in [6.45, 7) is 3.87. The summed E-state index contributed by atoms with van der Waals surface area (Å²) >= 11 is 1.55. The molecule has 0 fully saturated rings. The number of imidazole rings is 1. The van der Waals surface area contributed by atoms with Crippen LogP contribution in [0.15, 0.2) is 35.7 Å². The monoisotopic (exact) mass is 285 g/mol. The Morgan fingerprint density at radius 3 is 2.65 bits per heavy atom. The lowest BCUT2D eigenvalue weighted by atomic mass is 10.2. The van der Waals surface area contributed by atoms with E-state index in [0.717, 1.165) is 22.0 Å². The third-order valence-electron chi connectivity index (χ3n) is 3.36. The summed E-state index contributed by atoms with van der Waals surface area (Å²) in [5.74, 6) is -0.0392. The number of nitrogens with zero attached hydrogens (tertiary/aromatic N) is 3. The molecule has 0 radical (unpaired) electrons. The van der Waals surface area contributed by atoms with Gasteiger partial charge in [-0.2, -0.15) is 0 Å². The minimum Gasteiger partial charge on any atom is -0.310 e. The first-order valence-electron chi connectivity index (χ1n) is 6.36. The molecular weight excluding hydrogens is 270 g/mol. The predicted octanol–water partition coefficient (Wildman–Crippen LogP) is 3.29. The van der Waals surface area contributed by atoms with E-state index in [9.17, 15) is 4.79 Å². The fourth-order valence-corrected chi connectivity index (χ4v) is 3.19. The van der Waals surface area contributed by atoms with E-state index < -0.39 is 0 Å². The number of hydrogen-bond acceptors (Lipinski definition) is 3. The Bertz CT molecular complexity index is 773. The molecule has 102 valence electrons. The molecule has 3 rings (SSSR count). The number of para-hydroxylation sites is 1. The van der Waals surface area contributed by atoms with Crippen LogP contribution in [0.4, 0.5) is 5.69 Å². The summed E-state index contributed by atoms with van der Waals surface area (Å²) in [4.78, 5) is 19.8. The van der Waals surface area contributed by atoms with Crippen LogP contribution in [0.2, 0.25) is 0 Å². The number of benzene rings is 1. The molecule has 3 aromatic rings. The topological polar surface area (TPSA) is 37.6 Å². The van der Waals surface area contributed by atoms with Gasteiger partial charge in [0.15, 0.2) is 4.96 Å². The average Bonchev–Trinajstić information content (AvgIpc) is 2.97. The van der Waals surface area contributed by atoms with E-state index in [-0.39, 0.29) is 5.91 Å². The molecule has 0 bridgehead atoms. The number of amides is 1. The maximum Gasteiger partial charge on any atom is 0.276 e. The summed E-state index contributed by atoms with van der Waals surface area (Å²) in [6.07, 6.45) is 0. The van der Waals surface area contributed by atoms with Crippen LogP contribution in [0.1, 0.15) is 21.9 Å². The lowest BCUT2D eigenvalue weighted by Gasteiger charge is -2.17. The molecule has 0 aliphatic carbocycles. The third kappa shape index (κ3) is 1.91. The van der Waals surface area contributed by atoms with Crippen LogP contribution in [-0.2, 0) is 0 Å². The van der Waals surface area contributed by atoms with Gasteiger partial charge in [-0.25, -0.2) is 4.98 Å².